The van der Waals surface area contributed by atoms with Gasteiger partial charge in [0.05, 0.1) is 17.6 Å². The number of alkyl halides is 3. The third-order valence-electron chi connectivity index (χ3n) is 6.33. The Hall–Kier alpha value is -2.50. The maximum Gasteiger partial charge on any atom is 0.416 e. The predicted octanol–water partition coefficient (Wildman–Crippen LogP) is 4.88. The minimum Gasteiger partial charge on any atom is -0.364 e. The maximum absolute atomic E-state index is 13.3. The van der Waals surface area contributed by atoms with E-state index in [1.165, 1.54) is 17.7 Å². The van der Waals surface area contributed by atoms with Crippen LogP contribution in [0.2, 0.25) is 0 Å². The lowest BCUT2D eigenvalue weighted by Crippen LogP contribution is -2.39. The quantitative estimate of drug-likeness (QED) is 0.735. The summed E-state index contributed by atoms with van der Waals surface area (Å²) in [4.78, 5) is 16.6. The van der Waals surface area contributed by atoms with E-state index in [1.807, 2.05) is 11.0 Å². The number of amides is 1. The molecular weight excluding hydrogens is 365 g/mol. The van der Waals surface area contributed by atoms with Gasteiger partial charge in [0.25, 0.3) is 0 Å². The maximum atomic E-state index is 13.3. The van der Waals surface area contributed by atoms with Gasteiger partial charge in [0.15, 0.2) is 0 Å². The second-order valence-electron chi connectivity index (χ2n) is 7.88. The minimum absolute atomic E-state index is 0.0705. The summed E-state index contributed by atoms with van der Waals surface area (Å²) in [6, 6.07) is 11.7. The van der Waals surface area contributed by atoms with Gasteiger partial charge >= 0.3 is 6.18 Å². The second kappa shape index (κ2) is 6.26. The highest BCUT2D eigenvalue weighted by Gasteiger charge is 2.42. The second-order valence-corrected chi connectivity index (χ2v) is 7.88. The van der Waals surface area contributed by atoms with E-state index in [0.29, 0.717) is 18.4 Å². The van der Waals surface area contributed by atoms with E-state index in [2.05, 4.69) is 17.0 Å². The third kappa shape index (κ3) is 2.69. The van der Waals surface area contributed by atoms with Gasteiger partial charge in [0.2, 0.25) is 5.91 Å². The lowest BCUT2D eigenvalue weighted by Gasteiger charge is -2.43. The molecule has 0 bridgehead atoms. The molecule has 2 unspecified atom stereocenters. The first-order valence-corrected chi connectivity index (χ1v) is 9.78. The van der Waals surface area contributed by atoms with Crippen molar-refractivity contribution in [3.63, 3.8) is 0 Å². The smallest absolute Gasteiger partial charge is 0.364 e. The number of hydrogen-bond donors (Lipinski definition) is 0. The molecule has 3 aliphatic heterocycles. The molecule has 3 nitrogen and oxygen atoms in total. The van der Waals surface area contributed by atoms with Crippen LogP contribution in [0.5, 0.6) is 0 Å². The lowest BCUT2D eigenvalue weighted by molar-refractivity contribution is -0.137. The van der Waals surface area contributed by atoms with Crippen molar-refractivity contribution >= 4 is 11.6 Å². The van der Waals surface area contributed by atoms with Gasteiger partial charge in [-0.2, -0.15) is 13.2 Å². The first-order chi connectivity index (χ1) is 13.4. The number of likely N-dealkylation sites (tertiary alicyclic amines) is 1. The van der Waals surface area contributed by atoms with E-state index >= 15 is 0 Å². The molecule has 3 aliphatic rings. The summed E-state index contributed by atoms with van der Waals surface area (Å²) in [6.45, 7) is 1.52. The molecule has 0 aliphatic carbocycles. The van der Waals surface area contributed by atoms with Crippen molar-refractivity contribution in [3.8, 4) is 0 Å². The van der Waals surface area contributed by atoms with Crippen LogP contribution in [0, 0.1) is 0 Å². The molecule has 5 rings (SSSR count). The standard InChI is InChI=1S/C22H21F3N2O/c23-22(24,25)16-6-1-5-15(12-16)18-13-19(26-10-3-8-20(26)28)17-7-2-4-14-9-11-27(18)21(14)17/h1-2,4-7,12,18-19H,3,8-11,13H2. The summed E-state index contributed by atoms with van der Waals surface area (Å²) in [5.41, 5.74) is 3.56. The topological polar surface area (TPSA) is 23.6 Å². The molecule has 28 heavy (non-hydrogen) atoms. The van der Waals surface area contributed by atoms with Gasteiger partial charge < -0.3 is 9.80 Å². The Labute approximate surface area is 161 Å². The summed E-state index contributed by atoms with van der Waals surface area (Å²) in [5, 5.41) is 0. The normalized spacial score (nSPS) is 24.0. The van der Waals surface area contributed by atoms with Gasteiger partial charge in [0, 0.05) is 25.2 Å². The van der Waals surface area contributed by atoms with Crippen LogP contribution < -0.4 is 4.90 Å². The van der Waals surface area contributed by atoms with Gasteiger partial charge in [-0.05, 0) is 48.1 Å². The number of carbonyl (C=O) groups excluding carboxylic acids is 1. The predicted molar refractivity (Wildman–Crippen MR) is 100.0 cm³/mol. The van der Waals surface area contributed by atoms with Crippen LogP contribution in [-0.2, 0) is 17.4 Å². The highest BCUT2D eigenvalue weighted by Crippen LogP contribution is 2.51. The van der Waals surface area contributed by atoms with Gasteiger partial charge in [-0.1, -0.05) is 30.3 Å². The van der Waals surface area contributed by atoms with Crippen molar-refractivity contribution < 1.29 is 18.0 Å². The largest absolute Gasteiger partial charge is 0.416 e. The van der Waals surface area contributed by atoms with Crippen molar-refractivity contribution in [2.24, 2.45) is 0 Å². The number of hydrogen-bond acceptors (Lipinski definition) is 2. The molecule has 3 heterocycles. The van der Waals surface area contributed by atoms with E-state index in [-0.39, 0.29) is 18.0 Å². The zero-order valence-electron chi connectivity index (χ0n) is 15.4. The molecule has 146 valence electrons. The molecule has 1 saturated heterocycles. The summed E-state index contributed by atoms with van der Waals surface area (Å²) in [5.74, 6) is 0.150. The van der Waals surface area contributed by atoms with Crippen LogP contribution in [0.25, 0.3) is 0 Å². The summed E-state index contributed by atoms with van der Waals surface area (Å²) in [7, 11) is 0. The van der Waals surface area contributed by atoms with Crippen molar-refractivity contribution in [1.29, 1.82) is 0 Å². The number of para-hydroxylation sites is 1. The van der Waals surface area contributed by atoms with Crippen LogP contribution in [-0.4, -0.2) is 23.9 Å². The van der Waals surface area contributed by atoms with E-state index in [0.717, 1.165) is 43.2 Å². The number of nitrogens with zero attached hydrogens (tertiary/aromatic N) is 2. The van der Waals surface area contributed by atoms with Gasteiger partial charge in [-0.15, -0.1) is 0 Å². The number of rotatable bonds is 2. The average Bonchev–Trinajstić information content (AvgIpc) is 3.29. The van der Waals surface area contributed by atoms with Crippen LogP contribution >= 0.6 is 0 Å². The average molecular weight is 386 g/mol. The van der Waals surface area contributed by atoms with Crippen LogP contribution in [0.4, 0.5) is 18.9 Å². The Morgan fingerprint density at radius 1 is 0.929 bits per heavy atom. The van der Waals surface area contributed by atoms with Crippen molar-refractivity contribution in [3.05, 3.63) is 64.7 Å². The van der Waals surface area contributed by atoms with E-state index < -0.39 is 11.7 Å². The molecule has 0 N–H and O–H groups in total. The zero-order chi connectivity index (χ0) is 19.5. The minimum atomic E-state index is -4.36. The number of benzene rings is 2. The number of anilines is 1. The van der Waals surface area contributed by atoms with Crippen LogP contribution in [0.1, 0.15) is 53.6 Å². The zero-order valence-corrected chi connectivity index (χ0v) is 15.4. The number of halogens is 3. The third-order valence-corrected chi connectivity index (χ3v) is 6.33. The van der Waals surface area contributed by atoms with E-state index in [4.69, 9.17) is 0 Å². The molecule has 1 amide bonds. The Morgan fingerprint density at radius 3 is 2.50 bits per heavy atom. The molecule has 1 fully saturated rings. The van der Waals surface area contributed by atoms with Gasteiger partial charge in [-0.25, -0.2) is 0 Å². The van der Waals surface area contributed by atoms with Crippen LogP contribution in [0.3, 0.4) is 0 Å². The Balaban J connectivity index is 1.60. The molecule has 0 spiro atoms. The van der Waals surface area contributed by atoms with Crippen molar-refractivity contribution in [1.82, 2.24) is 4.90 Å². The molecule has 2 aromatic carbocycles. The molecule has 2 atom stereocenters. The first kappa shape index (κ1) is 17.6. The van der Waals surface area contributed by atoms with E-state index in [1.54, 1.807) is 6.07 Å². The van der Waals surface area contributed by atoms with Gasteiger partial charge in [0.1, 0.15) is 0 Å². The Bertz CT molecular complexity index is 940. The highest BCUT2D eigenvalue weighted by atomic mass is 19.4. The molecule has 0 saturated carbocycles. The Morgan fingerprint density at radius 2 is 1.75 bits per heavy atom. The monoisotopic (exact) mass is 386 g/mol. The SMILES string of the molecule is O=C1CCCN1C1CC(c2cccc(C(F)(F)F)c2)N2CCc3cccc1c32. The fourth-order valence-corrected chi connectivity index (χ4v) is 5.09. The molecular formula is C22H21F3N2O. The molecule has 0 radical (unpaired) electrons. The lowest BCUT2D eigenvalue weighted by atomic mass is 9.86. The summed E-state index contributed by atoms with van der Waals surface area (Å²) < 4.78 is 39.8. The summed E-state index contributed by atoms with van der Waals surface area (Å²) >= 11 is 0. The van der Waals surface area contributed by atoms with Gasteiger partial charge in [-0.3, -0.25) is 4.79 Å². The fraction of sp³-hybridized carbons (Fsp3) is 0.409. The molecule has 0 aromatic heterocycles. The van der Waals surface area contributed by atoms with Crippen molar-refractivity contribution in [2.75, 3.05) is 18.0 Å². The fourth-order valence-electron chi connectivity index (χ4n) is 5.09. The number of carbonyl (C=O) groups is 1. The first-order valence-electron chi connectivity index (χ1n) is 9.78. The molecule has 2 aromatic rings. The van der Waals surface area contributed by atoms with E-state index in [9.17, 15) is 18.0 Å². The Kier molecular flexibility index (Phi) is 3.93. The van der Waals surface area contributed by atoms with Crippen LogP contribution in [0.15, 0.2) is 42.5 Å². The summed E-state index contributed by atoms with van der Waals surface area (Å²) in [6.07, 6.45) is -1.43. The molecule has 6 heteroatoms. The van der Waals surface area contributed by atoms with Crippen molar-refractivity contribution in [2.45, 2.75) is 43.9 Å². The highest BCUT2D eigenvalue weighted by molar-refractivity contribution is 5.80.